The molecular formula is C21H28FN3O2. The normalized spacial score (nSPS) is 17.9. The van der Waals surface area contributed by atoms with Crippen LogP contribution in [0.15, 0.2) is 24.3 Å². The van der Waals surface area contributed by atoms with Gasteiger partial charge in [-0.15, -0.1) is 0 Å². The van der Waals surface area contributed by atoms with Crippen LogP contribution >= 0.6 is 0 Å². The summed E-state index contributed by atoms with van der Waals surface area (Å²) in [5.41, 5.74) is 3.43. The molecule has 6 heteroatoms. The topological polar surface area (TPSA) is 56.2 Å². The minimum absolute atomic E-state index is 0.000281. The van der Waals surface area contributed by atoms with E-state index in [9.17, 15) is 9.18 Å². The first-order valence-corrected chi connectivity index (χ1v) is 9.66. The zero-order chi connectivity index (χ0) is 19.4. The van der Waals surface area contributed by atoms with Crippen molar-refractivity contribution in [3.8, 4) is 5.69 Å². The van der Waals surface area contributed by atoms with Gasteiger partial charge in [0.15, 0.2) is 0 Å². The Hall–Kier alpha value is -2.21. The van der Waals surface area contributed by atoms with Crippen LogP contribution in [0.1, 0.15) is 49.6 Å². The molecule has 1 aromatic heterocycles. The molecule has 1 N–H and O–H groups in total. The summed E-state index contributed by atoms with van der Waals surface area (Å²) in [6.45, 7) is 6.74. The van der Waals surface area contributed by atoms with Crippen LogP contribution < -0.4 is 5.32 Å². The van der Waals surface area contributed by atoms with Crippen molar-refractivity contribution >= 4 is 5.91 Å². The summed E-state index contributed by atoms with van der Waals surface area (Å²) in [6, 6.07) is 6.31. The van der Waals surface area contributed by atoms with Crippen molar-refractivity contribution in [3.63, 3.8) is 0 Å². The molecule has 1 aliphatic rings. The smallest absolute Gasteiger partial charge is 0.224 e. The SMILES string of the molecule is Cc1nn(-c2ccc(F)cc2)c(C)c1CC(=O)N[C@H](C)CC[C@@H]1CCCO1. The second kappa shape index (κ2) is 8.65. The molecule has 2 heterocycles. The predicted octanol–water partition coefficient (Wildman–Crippen LogP) is 3.63. The Labute approximate surface area is 159 Å². The fourth-order valence-electron chi connectivity index (χ4n) is 3.63. The molecule has 0 saturated carbocycles. The van der Waals surface area contributed by atoms with Gasteiger partial charge < -0.3 is 10.1 Å². The van der Waals surface area contributed by atoms with Crippen molar-refractivity contribution in [2.45, 2.75) is 65.0 Å². The van der Waals surface area contributed by atoms with Gasteiger partial charge in [-0.3, -0.25) is 4.79 Å². The number of nitrogens with zero attached hydrogens (tertiary/aromatic N) is 2. The van der Waals surface area contributed by atoms with Crippen LogP contribution in [-0.4, -0.2) is 34.4 Å². The number of halogens is 1. The number of nitrogens with one attached hydrogen (secondary N) is 1. The fourth-order valence-corrected chi connectivity index (χ4v) is 3.63. The van der Waals surface area contributed by atoms with Crippen LogP contribution in [-0.2, 0) is 16.0 Å². The van der Waals surface area contributed by atoms with Crippen LogP contribution in [0.2, 0.25) is 0 Å². The van der Waals surface area contributed by atoms with Crippen molar-refractivity contribution < 1.29 is 13.9 Å². The second-order valence-electron chi connectivity index (χ2n) is 7.40. The quantitative estimate of drug-likeness (QED) is 0.806. The first-order chi connectivity index (χ1) is 12.9. The monoisotopic (exact) mass is 373 g/mol. The maximum absolute atomic E-state index is 13.2. The largest absolute Gasteiger partial charge is 0.378 e. The Balaban J connectivity index is 1.59. The lowest BCUT2D eigenvalue weighted by atomic mass is 10.1. The Bertz CT molecular complexity index is 779. The Morgan fingerprint density at radius 3 is 2.78 bits per heavy atom. The highest BCUT2D eigenvalue weighted by Gasteiger charge is 2.19. The maximum atomic E-state index is 13.2. The van der Waals surface area contributed by atoms with Crippen molar-refractivity contribution in [2.24, 2.45) is 0 Å². The van der Waals surface area contributed by atoms with E-state index < -0.39 is 0 Å². The van der Waals surface area contributed by atoms with Gasteiger partial charge in [0.2, 0.25) is 5.91 Å². The van der Waals surface area contributed by atoms with E-state index in [1.165, 1.54) is 12.1 Å². The first kappa shape index (κ1) is 19.5. The molecule has 1 saturated heterocycles. The fraction of sp³-hybridized carbons (Fsp3) is 0.524. The van der Waals surface area contributed by atoms with E-state index >= 15 is 0 Å². The van der Waals surface area contributed by atoms with E-state index in [0.29, 0.717) is 12.5 Å². The van der Waals surface area contributed by atoms with Crippen molar-refractivity contribution in [1.82, 2.24) is 15.1 Å². The molecule has 2 atom stereocenters. The number of aryl methyl sites for hydroxylation is 1. The molecule has 0 radical (unpaired) electrons. The molecule has 1 aliphatic heterocycles. The second-order valence-corrected chi connectivity index (χ2v) is 7.40. The van der Waals surface area contributed by atoms with E-state index in [-0.39, 0.29) is 17.8 Å². The van der Waals surface area contributed by atoms with Crippen LogP contribution in [0.3, 0.4) is 0 Å². The number of rotatable bonds is 7. The molecule has 0 aliphatic carbocycles. The Morgan fingerprint density at radius 1 is 1.37 bits per heavy atom. The number of aromatic nitrogens is 2. The lowest BCUT2D eigenvalue weighted by Crippen LogP contribution is -2.34. The van der Waals surface area contributed by atoms with Crippen molar-refractivity contribution in [3.05, 3.63) is 47.0 Å². The number of hydrogen-bond acceptors (Lipinski definition) is 3. The molecule has 146 valence electrons. The number of amides is 1. The third kappa shape index (κ3) is 4.95. The van der Waals surface area contributed by atoms with Gasteiger partial charge in [0, 0.05) is 23.9 Å². The van der Waals surface area contributed by atoms with Gasteiger partial charge in [0.25, 0.3) is 0 Å². The zero-order valence-electron chi connectivity index (χ0n) is 16.3. The number of carbonyl (C=O) groups is 1. The van der Waals surface area contributed by atoms with E-state index in [1.54, 1.807) is 16.8 Å². The molecule has 3 rings (SSSR count). The summed E-state index contributed by atoms with van der Waals surface area (Å²) in [6.07, 6.45) is 4.82. The molecule has 0 bridgehead atoms. The number of carbonyl (C=O) groups excluding carboxylic acids is 1. The summed E-state index contributed by atoms with van der Waals surface area (Å²) in [5.74, 6) is -0.281. The summed E-state index contributed by atoms with van der Waals surface area (Å²) >= 11 is 0. The molecule has 1 aromatic carbocycles. The van der Waals surface area contributed by atoms with E-state index in [0.717, 1.165) is 54.9 Å². The first-order valence-electron chi connectivity index (χ1n) is 9.66. The third-order valence-electron chi connectivity index (χ3n) is 5.20. The van der Waals surface area contributed by atoms with E-state index in [4.69, 9.17) is 4.74 Å². The predicted molar refractivity (Wildman–Crippen MR) is 103 cm³/mol. The number of hydrogen-bond donors (Lipinski definition) is 1. The lowest BCUT2D eigenvalue weighted by molar-refractivity contribution is -0.121. The van der Waals surface area contributed by atoms with Crippen LogP contribution in [0.5, 0.6) is 0 Å². The molecule has 27 heavy (non-hydrogen) atoms. The molecule has 0 spiro atoms. The van der Waals surface area contributed by atoms with Crippen molar-refractivity contribution in [1.29, 1.82) is 0 Å². The minimum Gasteiger partial charge on any atom is -0.378 e. The van der Waals surface area contributed by atoms with Gasteiger partial charge in [-0.25, -0.2) is 9.07 Å². The summed E-state index contributed by atoms with van der Waals surface area (Å²) in [7, 11) is 0. The summed E-state index contributed by atoms with van der Waals surface area (Å²) < 4.78 is 20.6. The van der Waals surface area contributed by atoms with Gasteiger partial charge in [0.05, 0.1) is 23.9 Å². The van der Waals surface area contributed by atoms with E-state index in [2.05, 4.69) is 10.4 Å². The molecule has 1 fully saturated rings. The highest BCUT2D eigenvalue weighted by molar-refractivity contribution is 5.79. The minimum atomic E-state index is -0.281. The molecule has 5 nitrogen and oxygen atoms in total. The summed E-state index contributed by atoms with van der Waals surface area (Å²) in [5, 5.41) is 7.61. The van der Waals surface area contributed by atoms with Gasteiger partial charge in [-0.05, 0) is 70.7 Å². The Kier molecular flexibility index (Phi) is 6.26. The van der Waals surface area contributed by atoms with Crippen LogP contribution in [0.4, 0.5) is 4.39 Å². The molecule has 2 aromatic rings. The lowest BCUT2D eigenvalue weighted by Gasteiger charge is -2.16. The Morgan fingerprint density at radius 2 is 2.11 bits per heavy atom. The average Bonchev–Trinajstić information content (AvgIpc) is 3.24. The maximum Gasteiger partial charge on any atom is 0.224 e. The number of benzene rings is 1. The standard InChI is InChI=1S/C21H28FN3O2/c1-14(6-11-19-5-4-12-27-19)23-21(26)13-20-15(2)24-25(16(20)3)18-9-7-17(22)8-10-18/h7-10,14,19H,4-6,11-13H2,1-3H3,(H,23,26)/t14-,19+/m1/s1. The highest BCUT2D eigenvalue weighted by Crippen LogP contribution is 2.20. The van der Waals surface area contributed by atoms with Gasteiger partial charge in [-0.2, -0.15) is 5.10 Å². The zero-order valence-corrected chi connectivity index (χ0v) is 16.3. The summed E-state index contributed by atoms with van der Waals surface area (Å²) in [4.78, 5) is 12.5. The van der Waals surface area contributed by atoms with Crippen molar-refractivity contribution in [2.75, 3.05) is 6.61 Å². The molecule has 0 unspecified atom stereocenters. The van der Waals surface area contributed by atoms with Gasteiger partial charge in [0.1, 0.15) is 5.82 Å². The van der Waals surface area contributed by atoms with Gasteiger partial charge >= 0.3 is 0 Å². The number of ether oxygens (including phenoxy) is 1. The third-order valence-corrected chi connectivity index (χ3v) is 5.20. The van der Waals surface area contributed by atoms with Crippen LogP contribution in [0, 0.1) is 19.7 Å². The molecule has 1 amide bonds. The molecular weight excluding hydrogens is 345 g/mol. The highest BCUT2D eigenvalue weighted by atomic mass is 19.1. The average molecular weight is 373 g/mol. The van der Waals surface area contributed by atoms with Gasteiger partial charge in [-0.1, -0.05) is 0 Å². The van der Waals surface area contributed by atoms with E-state index in [1.807, 2.05) is 20.8 Å². The van der Waals surface area contributed by atoms with Crippen LogP contribution in [0.25, 0.3) is 5.69 Å².